The summed E-state index contributed by atoms with van der Waals surface area (Å²) in [4.78, 5) is 11.4. The maximum absolute atomic E-state index is 11.4. The van der Waals surface area contributed by atoms with E-state index in [9.17, 15) is 9.90 Å². The number of aliphatic carboxylic acids is 1. The summed E-state index contributed by atoms with van der Waals surface area (Å²) in [6, 6.07) is 0. The van der Waals surface area contributed by atoms with Crippen molar-refractivity contribution in [2.75, 3.05) is 24.7 Å². The second-order valence-electron chi connectivity index (χ2n) is 4.52. The molecule has 2 rings (SSSR count). The van der Waals surface area contributed by atoms with Crippen molar-refractivity contribution in [2.24, 2.45) is 0 Å². The van der Waals surface area contributed by atoms with Gasteiger partial charge in [0.2, 0.25) is 0 Å². The van der Waals surface area contributed by atoms with E-state index < -0.39 is 11.5 Å². The number of carboxylic acids is 1. The normalized spacial score (nSPS) is 29.1. The molecule has 0 aliphatic carbocycles. The summed E-state index contributed by atoms with van der Waals surface area (Å²) < 4.78 is 5.51. The topological polar surface area (TPSA) is 58.6 Å². The van der Waals surface area contributed by atoms with E-state index in [1.54, 1.807) is 0 Å². The molecule has 2 heterocycles. The summed E-state index contributed by atoms with van der Waals surface area (Å²) in [5.74, 6) is 1.17. The van der Waals surface area contributed by atoms with Gasteiger partial charge >= 0.3 is 5.97 Å². The van der Waals surface area contributed by atoms with Crippen LogP contribution in [0.5, 0.6) is 0 Å². The number of thioether (sulfide) groups is 1. The third-order valence-corrected chi connectivity index (χ3v) is 4.43. The van der Waals surface area contributed by atoms with Gasteiger partial charge in [-0.2, -0.15) is 11.8 Å². The predicted molar refractivity (Wildman–Crippen MR) is 63.9 cm³/mol. The van der Waals surface area contributed by atoms with Gasteiger partial charge in [0.05, 0.1) is 6.10 Å². The molecule has 0 aromatic carbocycles. The lowest BCUT2D eigenvalue weighted by molar-refractivity contribution is -0.145. The lowest BCUT2D eigenvalue weighted by atomic mass is 9.92. The van der Waals surface area contributed by atoms with Crippen molar-refractivity contribution < 1.29 is 14.6 Å². The van der Waals surface area contributed by atoms with Crippen molar-refractivity contribution in [2.45, 2.75) is 37.3 Å². The smallest absolute Gasteiger partial charge is 0.323 e. The van der Waals surface area contributed by atoms with Crippen LogP contribution in [0.2, 0.25) is 0 Å². The van der Waals surface area contributed by atoms with E-state index in [2.05, 4.69) is 5.32 Å². The maximum atomic E-state index is 11.4. The zero-order valence-corrected chi connectivity index (χ0v) is 10.2. The highest BCUT2D eigenvalue weighted by Crippen LogP contribution is 2.27. The van der Waals surface area contributed by atoms with Gasteiger partial charge in [0.15, 0.2) is 0 Å². The molecule has 0 radical (unpaired) electrons. The number of carboxylic acid groups (broad SMARTS) is 1. The number of ether oxygens (including phenoxy) is 1. The fourth-order valence-corrected chi connectivity index (χ4v) is 3.49. The van der Waals surface area contributed by atoms with Gasteiger partial charge in [-0.1, -0.05) is 0 Å². The van der Waals surface area contributed by atoms with Crippen molar-refractivity contribution in [1.29, 1.82) is 0 Å². The summed E-state index contributed by atoms with van der Waals surface area (Å²) >= 11 is 1.84. The minimum Gasteiger partial charge on any atom is -0.480 e. The summed E-state index contributed by atoms with van der Waals surface area (Å²) in [5.41, 5.74) is -0.697. The van der Waals surface area contributed by atoms with Gasteiger partial charge in [0, 0.05) is 13.2 Å². The van der Waals surface area contributed by atoms with Gasteiger partial charge in [0.25, 0.3) is 0 Å². The molecule has 2 aliphatic heterocycles. The van der Waals surface area contributed by atoms with Gasteiger partial charge in [-0.15, -0.1) is 0 Å². The minimum atomic E-state index is -0.703. The van der Waals surface area contributed by atoms with Gasteiger partial charge in [0.1, 0.15) is 5.54 Å². The molecule has 2 fully saturated rings. The van der Waals surface area contributed by atoms with Crippen LogP contribution in [0.25, 0.3) is 0 Å². The lowest BCUT2D eigenvalue weighted by Gasteiger charge is -2.34. The zero-order chi connectivity index (χ0) is 11.4. The summed E-state index contributed by atoms with van der Waals surface area (Å²) in [5, 5.41) is 12.6. The SMILES string of the molecule is O=C(O)C1(NCC2CCCO2)CCSCC1. The molecule has 0 amide bonds. The molecule has 0 saturated carbocycles. The Kier molecular flexibility index (Phi) is 4.10. The second-order valence-corrected chi connectivity index (χ2v) is 5.74. The molecular weight excluding hydrogens is 226 g/mol. The van der Waals surface area contributed by atoms with Crippen molar-refractivity contribution in [3.05, 3.63) is 0 Å². The molecule has 5 heteroatoms. The number of rotatable bonds is 4. The molecule has 1 atom stereocenters. The van der Waals surface area contributed by atoms with Crippen LogP contribution >= 0.6 is 11.8 Å². The Morgan fingerprint density at radius 3 is 2.81 bits per heavy atom. The number of nitrogens with one attached hydrogen (secondary N) is 1. The Balaban J connectivity index is 1.88. The van der Waals surface area contributed by atoms with Crippen molar-refractivity contribution in [1.82, 2.24) is 5.32 Å². The summed E-state index contributed by atoms with van der Waals surface area (Å²) in [6.07, 6.45) is 3.81. The van der Waals surface area contributed by atoms with E-state index in [0.29, 0.717) is 6.54 Å². The van der Waals surface area contributed by atoms with Crippen LogP contribution in [0.3, 0.4) is 0 Å². The molecule has 2 N–H and O–H groups in total. The number of hydrogen-bond acceptors (Lipinski definition) is 4. The zero-order valence-electron chi connectivity index (χ0n) is 9.41. The third-order valence-electron chi connectivity index (χ3n) is 3.45. The van der Waals surface area contributed by atoms with E-state index in [1.807, 2.05) is 11.8 Å². The molecule has 1 unspecified atom stereocenters. The van der Waals surface area contributed by atoms with Crippen LogP contribution in [0.4, 0.5) is 0 Å². The lowest BCUT2D eigenvalue weighted by Crippen LogP contribution is -2.56. The monoisotopic (exact) mass is 245 g/mol. The molecule has 2 aliphatic rings. The average Bonchev–Trinajstić information content (AvgIpc) is 2.80. The largest absolute Gasteiger partial charge is 0.480 e. The Morgan fingerprint density at radius 2 is 2.25 bits per heavy atom. The molecule has 0 aromatic heterocycles. The molecular formula is C11H19NO3S. The van der Waals surface area contributed by atoms with Crippen LogP contribution in [0, 0.1) is 0 Å². The van der Waals surface area contributed by atoms with Crippen molar-refractivity contribution >= 4 is 17.7 Å². The molecule has 0 aromatic rings. The van der Waals surface area contributed by atoms with Gasteiger partial charge in [-0.05, 0) is 37.2 Å². The highest BCUT2D eigenvalue weighted by molar-refractivity contribution is 7.99. The molecule has 4 nitrogen and oxygen atoms in total. The minimum absolute atomic E-state index is 0.214. The molecule has 16 heavy (non-hydrogen) atoms. The molecule has 0 spiro atoms. The highest BCUT2D eigenvalue weighted by Gasteiger charge is 2.39. The van der Waals surface area contributed by atoms with Crippen molar-refractivity contribution in [3.63, 3.8) is 0 Å². The Bertz CT molecular complexity index is 248. The fraction of sp³-hybridized carbons (Fsp3) is 0.909. The van der Waals surface area contributed by atoms with Crippen LogP contribution in [-0.4, -0.2) is 47.4 Å². The second kappa shape index (κ2) is 5.38. The third kappa shape index (κ3) is 2.70. The molecule has 0 bridgehead atoms. The first-order valence-corrected chi connectivity index (χ1v) is 7.06. The molecule has 92 valence electrons. The Hall–Kier alpha value is -0.260. The average molecular weight is 245 g/mol. The van der Waals surface area contributed by atoms with E-state index in [-0.39, 0.29) is 6.10 Å². The van der Waals surface area contributed by atoms with Gasteiger partial charge in [-0.3, -0.25) is 10.1 Å². The maximum Gasteiger partial charge on any atom is 0.323 e. The van der Waals surface area contributed by atoms with Crippen LogP contribution < -0.4 is 5.32 Å². The Morgan fingerprint density at radius 1 is 1.50 bits per heavy atom. The summed E-state index contributed by atoms with van der Waals surface area (Å²) in [7, 11) is 0. The van der Waals surface area contributed by atoms with E-state index in [0.717, 1.165) is 43.8 Å². The van der Waals surface area contributed by atoms with E-state index in [1.165, 1.54) is 0 Å². The van der Waals surface area contributed by atoms with E-state index >= 15 is 0 Å². The first-order chi connectivity index (χ1) is 7.73. The highest BCUT2D eigenvalue weighted by atomic mass is 32.2. The van der Waals surface area contributed by atoms with Gasteiger partial charge < -0.3 is 9.84 Å². The summed E-state index contributed by atoms with van der Waals surface area (Å²) in [6.45, 7) is 1.50. The van der Waals surface area contributed by atoms with Crippen LogP contribution in [0.1, 0.15) is 25.7 Å². The first-order valence-electron chi connectivity index (χ1n) is 5.91. The van der Waals surface area contributed by atoms with Crippen molar-refractivity contribution in [3.8, 4) is 0 Å². The first kappa shape index (κ1) is 12.2. The fourth-order valence-electron chi connectivity index (χ4n) is 2.30. The number of hydrogen-bond donors (Lipinski definition) is 2. The number of carbonyl (C=O) groups is 1. The van der Waals surface area contributed by atoms with Gasteiger partial charge in [-0.25, -0.2) is 0 Å². The standard InChI is InChI=1S/C11H19NO3S/c13-10(14)11(3-6-16-7-4-11)12-8-9-2-1-5-15-9/h9,12H,1-8H2,(H,13,14). The van der Waals surface area contributed by atoms with Crippen LogP contribution in [0.15, 0.2) is 0 Å². The van der Waals surface area contributed by atoms with E-state index in [4.69, 9.17) is 4.74 Å². The van der Waals surface area contributed by atoms with Crippen LogP contribution in [-0.2, 0) is 9.53 Å². The predicted octanol–water partition coefficient (Wildman–Crippen LogP) is 1.11. The Labute approximate surface area is 100 Å². The quantitative estimate of drug-likeness (QED) is 0.777. The molecule has 2 saturated heterocycles.